The van der Waals surface area contributed by atoms with Crippen LogP contribution >= 0.6 is 23.5 Å². The molecule has 0 unspecified atom stereocenters. The highest BCUT2D eigenvalue weighted by Gasteiger charge is 2.25. The summed E-state index contributed by atoms with van der Waals surface area (Å²) in [6.07, 6.45) is 8.44. The highest BCUT2D eigenvalue weighted by Crippen LogP contribution is 2.30. The highest BCUT2D eigenvalue weighted by molar-refractivity contribution is 8.00. The summed E-state index contributed by atoms with van der Waals surface area (Å²) in [5, 5.41) is 19.1. The third-order valence-corrected chi connectivity index (χ3v) is 6.78. The van der Waals surface area contributed by atoms with Crippen LogP contribution in [-0.2, 0) is 0 Å². The first kappa shape index (κ1) is 22.8. The number of imidazole rings is 1. The molecule has 0 saturated carbocycles. The fourth-order valence-electron chi connectivity index (χ4n) is 3.70. The Labute approximate surface area is 205 Å². The van der Waals surface area contributed by atoms with Gasteiger partial charge in [0, 0.05) is 16.7 Å². The quantitative estimate of drug-likeness (QED) is 0.260. The number of aliphatic hydroxyl groups is 1. The Hall–Kier alpha value is -2.98. The lowest BCUT2D eigenvalue weighted by molar-refractivity contribution is 0.0589. The monoisotopic (exact) mass is 496 g/mol. The SMILES string of the molecule is OC1(C=Cc2cnc3ccc(-c4cnc(Cl)c(NSc5ccc(F)cc5)c4)nn23)CCNCC1. The van der Waals surface area contributed by atoms with Crippen molar-refractivity contribution in [3.05, 3.63) is 77.6 Å². The molecule has 0 aliphatic carbocycles. The van der Waals surface area contributed by atoms with Gasteiger partial charge in [-0.1, -0.05) is 17.7 Å². The third kappa shape index (κ3) is 5.07. The van der Waals surface area contributed by atoms with Crippen LogP contribution in [0.4, 0.5) is 10.1 Å². The van der Waals surface area contributed by atoms with Gasteiger partial charge in [-0.2, -0.15) is 5.10 Å². The molecule has 10 heteroatoms. The standard InChI is InChI=1S/C24H22ClFN6OS/c25-23-21(31-34-19-3-1-17(26)2-4-19)13-16(14-29-23)20-5-6-22-28-15-18(32(22)30-20)7-8-24(33)9-11-27-12-10-24/h1-8,13-15,27,31,33H,9-12H2. The smallest absolute Gasteiger partial charge is 0.154 e. The van der Waals surface area contributed by atoms with Gasteiger partial charge in [0.05, 0.1) is 28.9 Å². The molecule has 0 amide bonds. The molecular weight excluding hydrogens is 475 g/mol. The van der Waals surface area contributed by atoms with E-state index < -0.39 is 5.60 Å². The van der Waals surface area contributed by atoms with E-state index in [-0.39, 0.29) is 5.82 Å². The Kier molecular flexibility index (Phi) is 6.51. The summed E-state index contributed by atoms with van der Waals surface area (Å²) in [6.45, 7) is 1.57. The summed E-state index contributed by atoms with van der Waals surface area (Å²) in [4.78, 5) is 9.55. The number of hydrogen-bond donors (Lipinski definition) is 3. The van der Waals surface area contributed by atoms with Crippen LogP contribution in [0.5, 0.6) is 0 Å². The second-order valence-electron chi connectivity index (χ2n) is 8.08. The molecular formula is C24H22ClFN6OS. The molecule has 0 spiro atoms. The van der Waals surface area contributed by atoms with Crippen molar-refractivity contribution in [2.75, 3.05) is 17.8 Å². The first-order valence-corrected chi connectivity index (χ1v) is 12.0. The Bertz CT molecular complexity index is 1340. The highest BCUT2D eigenvalue weighted by atomic mass is 35.5. The number of rotatable bonds is 6. The van der Waals surface area contributed by atoms with Gasteiger partial charge in [0.15, 0.2) is 10.8 Å². The van der Waals surface area contributed by atoms with E-state index in [0.29, 0.717) is 35.0 Å². The number of benzene rings is 1. The maximum absolute atomic E-state index is 13.1. The third-order valence-electron chi connectivity index (χ3n) is 5.65. The predicted molar refractivity (Wildman–Crippen MR) is 133 cm³/mol. The lowest BCUT2D eigenvalue weighted by Gasteiger charge is -2.29. The van der Waals surface area contributed by atoms with E-state index in [1.165, 1.54) is 24.1 Å². The van der Waals surface area contributed by atoms with E-state index in [0.717, 1.165) is 29.2 Å². The van der Waals surface area contributed by atoms with Crippen molar-refractivity contribution in [2.24, 2.45) is 0 Å². The average Bonchev–Trinajstić information content (AvgIpc) is 3.26. The molecule has 3 aromatic heterocycles. The molecule has 3 N–H and O–H groups in total. The van der Waals surface area contributed by atoms with Crippen LogP contribution in [0.3, 0.4) is 0 Å². The van der Waals surface area contributed by atoms with Crippen LogP contribution in [0.1, 0.15) is 18.5 Å². The summed E-state index contributed by atoms with van der Waals surface area (Å²) in [6, 6.07) is 11.8. The molecule has 1 saturated heterocycles. The molecule has 34 heavy (non-hydrogen) atoms. The first-order valence-electron chi connectivity index (χ1n) is 10.8. The number of aromatic nitrogens is 4. The van der Waals surface area contributed by atoms with E-state index in [4.69, 9.17) is 16.7 Å². The number of fused-ring (bicyclic) bond motifs is 1. The molecule has 0 radical (unpaired) electrons. The minimum Gasteiger partial charge on any atom is -0.386 e. The molecule has 1 fully saturated rings. The van der Waals surface area contributed by atoms with Crippen molar-refractivity contribution in [1.29, 1.82) is 0 Å². The fourth-order valence-corrected chi connectivity index (χ4v) is 4.56. The van der Waals surface area contributed by atoms with Gasteiger partial charge in [-0.05, 0) is 86.4 Å². The zero-order valence-corrected chi connectivity index (χ0v) is 19.7. The Morgan fingerprint density at radius 1 is 1.12 bits per heavy atom. The number of nitrogens with one attached hydrogen (secondary N) is 2. The summed E-state index contributed by atoms with van der Waals surface area (Å²) < 4.78 is 18.1. The lowest BCUT2D eigenvalue weighted by Crippen LogP contribution is -2.40. The topological polar surface area (TPSA) is 87.4 Å². The first-order chi connectivity index (χ1) is 16.5. The van der Waals surface area contributed by atoms with E-state index in [9.17, 15) is 9.50 Å². The van der Waals surface area contributed by atoms with Crippen LogP contribution in [0.25, 0.3) is 23.0 Å². The van der Waals surface area contributed by atoms with Crippen molar-refractivity contribution < 1.29 is 9.50 Å². The second kappa shape index (κ2) is 9.71. The number of halogens is 2. The number of anilines is 1. The number of pyridine rings is 1. The molecule has 0 bridgehead atoms. The van der Waals surface area contributed by atoms with Gasteiger partial charge in [-0.3, -0.25) is 0 Å². The summed E-state index contributed by atoms with van der Waals surface area (Å²) in [5.74, 6) is -0.286. The minimum absolute atomic E-state index is 0.286. The predicted octanol–water partition coefficient (Wildman–Crippen LogP) is 4.83. The molecule has 174 valence electrons. The van der Waals surface area contributed by atoms with Gasteiger partial charge in [0.25, 0.3) is 0 Å². The summed E-state index contributed by atoms with van der Waals surface area (Å²) in [7, 11) is 0. The molecule has 1 aromatic carbocycles. The molecule has 0 atom stereocenters. The van der Waals surface area contributed by atoms with Crippen LogP contribution in [0.15, 0.2) is 65.8 Å². The molecule has 4 heterocycles. The van der Waals surface area contributed by atoms with Crippen LogP contribution in [-0.4, -0.2) is 43.4 Å². The summed E-state index contributed by atoms with van der Waals surface area (Å²) >= 11 is 7.60. The van der Waals surface area contributed by atoms with E-state index in [1.807, 2.05) is 30.4 Å². The second-order valence-corrected chi connectivity index (χ2v) is 9.32. The normalized spacial score (nSPS) is 15.7. The van der Waals surface area contributed by atoms with E-state index >= 15 is 0 Å². The van der Waals surface area contributed by atoms with Crippen molar-refractivity contribution in [3.8, 4) is 11.3 Å². The summed E-state index contributed by atoms with van der Waals surface area (Å²) in [5.41, 5.74) is 2.74. The Balaban J connectivity index is 1.40. The molecule has 4 aromatic rings. The number of hydrogen-bond acceptors (Lipinski definition) is 7. The van der Waals surface area contributed by atoms with Crippen molar-refractivity contribution >= 4 is 41.0 Å². The zero-order valence-electron chi connectivity index (χ0n) is 18.1. The van der Waals surface area contributed by atoms with Crippen molar-refractivity contribution in [3.63, 3.8) is 0 Å². The zero-order chi connectivity index (χ0) is 23.5. The van der Waals surface area contributed by atoms with Crippen molar-refractivity contribution in [2.45, 2.75) is 23.3 Å². The van der Waals surface area contributed by atoms with Gasteiger partial charge in [-0.25, -0.2) is 18.9 Å². The van der Waals surface area contributed by atoms with Gasteiger partial charge in [0.2, 0.25) is 0 Å². The maximum Gasteiger partial charge on any atom is 0.154 e. The average molecular weight is 497 g/mol. The lowest BCUT2D eigenvalue weighted by atomic mass is 9.92. The van der Waals surface area contributed by atoms with Crippen LogP contribution in [0.2, 0.25) is 5.15 Å². The van der Waals surface area contributed by atoms with Crippen molar-refractivity contribution in [1.82, 2.24) is 24.9 Å². The van der Waals surface area contributed by atoms with Gasteiger partial charge >= 0.3 is 0 Å². The van der Waals surface area contributed by atoms with Gasteiger partial charge in [-0.15, -0.1) is 0 Å². The molecule has 1 aliphatic heterocycles. The Morgan fingerprint density at radius 3 is 2.71 bits per heavy atom. The van der Waals surface area contributed by atoms with Gasteiger partial charge < -0.3 is 15.1 Å². The molecule has 5 rings (SSSR count). The Morgan fingerprint density at radius 2 is 1.91 bits per heavy atom. The van der Waals surface area contributed by atoms with Gasteiger partial charge in [0.1, 0.15) is 5.82 Å². The largest absolute Gasteiger partial charge is 0.386 e. The maximum atomic E-state index is 13.1. The minimum atomic E-state index is -0.824. The van der Waals surface area contributed by atoms with Crippen LogP contribution in [0, 0.1) is 5.82 Å². The van der Waals surface area contributed by atoms with E-state index in [1.54, 1.807) is 29.0 Å². The molecule has 1 aliphatic rings. The fraction of sp³-hybridized carbons (Fsp3) is 0.208. The number of nitrogens with zero attached hydrogens (tertiary/aromatic N) is 4. The van der Waals surface area contributed by atoms with E-state index in [2.05, 4.69) is 20.0 Å². The molecule has 7 nitrogen and oxygen atoms in total. The number of piperidine rings is 1. The van der Waals surface area contributed by atoms with Crippen LogP contribution < -0.4 is 10.0 Å².